The molecule has 0 spiro atoms. The van der Waals surface area contributed by atoms with Gasteiger partial charge in [0.15, 0.2) is 5.60 Å². The van der Waals surface area contributed by atoms with Gasteiger partial charge in [0.1, 0.15) is 0 Å². The summed E-state index contributed by atoms with van der Waals surface area (Å²) >= 11 is 5.54. The Morgan fingerprint density at radius 3 is 2.33 bits per heavy atom. The Morgan fingerprint density at radius 1 is 1.33 bits per heavy atom. The first-order valence-corrected chi connectivity index (χ1v) is 5.22. The van der Waals surface area contributed by atoms with E-state index >= 15 is 0 Å². The van der Waals surface area contributed by atoms with Crippen LogP contribution in [0.2, 0.25) is 5.02 Å². The molecule has 0 amide bonds. The number of hydrogen-bond acceptors (Lipinski definition) is 2. The van der Waals surface area contributed by atoms with Crippen molar-refractivity contribution in [1.29, 1.82) is 0 Å². The molecule has 0 aliphatic heterocycles. The van der Waals surface area contributed by atoms with Gasteiger partial charge in [0, 0.05) is 11.4 Å². The smallest absolute Gasteiger partial charge is 0.416 e. The van der Waals surface area contributed by atoms with Gasteiger partial charge in [-0.05, 0) is 30.7 Å². The topological polar surface area (TPSA) is 57.5 Å². The minimum absolute atomic E-state index is 0.00206. The summed E-state index contributed by atoms with van der Waals surface area (Å²) in [5, 5.41) is 18.0. The second kappa shape index (κ2) is 4.78. The predicted octanol–water partition coefficient (Wildman–Crippen LogP) is 2.74. The lowest BCUT2D eigenvalue weighted by Gasteiger charge is -2.18. The maximum atomic E-state index is 12.5. The van der Waals surface area contributed by atoms with Crippen LogP contribution in [0.5, 0.6) is 0 Å². The maximum absolute atomic E-state index is 12.5. The van der Waals surface area contributed by atoms with E-state index in [1.54, 1.807) is 0 Å². The summed E-state index contributed by atoms with van der Waals surface area (Å²) in [5.74, 6) is -1.52. The Labute approximate surface area is 106 Å². The third kappa shape index (κ3) is 3.61. The molecule has 0 bridgehead atoms. The molecule has 0 aromatic heterocycles. The van der Waals surface area contributed by atoms with E-state index in [-0.39, 0.29) is 10.6 Å². The molecule has 1 atom stereocenters. The molecule has 0 fully saturated rings. The fourth-order valence-electron chi connectivity index (χ4n) is 1.39. The number of alkyl halides is 3. The standard InChI is InChI=1S/C11H10ClF3O3/c1-10(18,9(16)17)5-6-2-7(11(13,14)15)4-8(12)3-6/h2-4,18H,5H2,1H3,(H,16,17). The average molecular weight is 283 g/mol. The van der Waals surface area contributed by atoms with E-state index in [0.29, 0.717) is 0 Å². The highest BCUT2D eigenvalue weighted by Gasteiger charge is 2.34. The average Bonchev–Trinajstić information content (AvgIpc) is 2.13. The van der Waals surface area contributed by atoms with Gasteiger partial charge >= 0.3 is 12.1 Å². The molecule has 1 aromatic rings. The first-order chi connectivity index (χ1) is 8.02. The van der Waals surface area contributed by atoms with Crippen molar-refractivity contribution in [3.8, 4) is 0 Å². The second-order valence-corrected chi connectivity index (χ2v) is 4.54. The number of benzene rings is 1. The highest BCUT2D eigenvalue weighted by molar-refractivity contribution is 6.30. The number of carbonyl (C=O) groups is 1. The number of rotatable bonds is 3. The van der Waals surface area contributed by atoms with Gasteiger partial charge in [-0.3, -0.25) is 0 Å². The van der Waals surface area contributed by atoms with Crippen LogP contribution in [0.3, 0.4) is 0 Å². The van der Waals surface area contributed by atoms with Crippen molar-refractivity contribution in [2.24, 2.45) is 0 Å². The third-order valence-electron chi connectivity index (χ3n) is 2.29. The van der Waals surface area contributed by atoms with Crippen molar-refractivity contribution in [2.75, 3.05) is 0 Å². The van der Waals surface area contributed by atoms with Gasteiger partial charge in [-0.2, -0.15) is 13.2 Å². The van der Waals surface area contributed by atoms with Crippen molar-refractivity contribution >= 4 is 17.6 Å². The summed E-state index contributed by atoms with van der Waals surface area (Å²) < 4.78 is 37.5. The number of carboxylic acids is 1. The second-order valence-electron chi connectivity index (χ2n) is 4.10. The zero-order valence-electron chi connectivity index (χ0n) is 9.25. The molecule has 100 valence electrons. The van der Waals surface area contributed by atoms with Gasteiger partial charge in [-0.1, -0.05) is 11.6 Å². The number of halogens is 4. The van der Waals surface area contributed by atoms with Crippen LogP contribution < -0.4 is 0 Å². The highest BCUT2D eigenvalue weighted by atomic mass is 35.5. The predicted molar refractivity (Wildman–Crippen MR) is 58.4 cm³/mol. The van der Waals surface area contributed by atoms with Gasteiger partial charge in [-0.15, -0.1) is 0 Å². The fraction of sp³-hybridized carbons (Fsp3) is 0.364. The van der Waals surface area contributed by atoms with E-state index in [4.69, 9.17) is 16.7 Å². The van der Waals surface area contributed by atoms with Crippen LogP contribution in [0.1, 0.15) is 18.1 Å². The Bertz CT molecular complexity index is 469. The number of carboxylic acid groups (broad SMARTS) is 1. The molecule has 2 N–H and O–H groups in total. The first kappa shape index (κ1) is 14.8. The van der Waals surface area contributed by atoms with Crippen LogP contribution in [0.25, 0.3) is 0 Å². The summed E-state index contributed by atoms with van der Waals surface area (Å²) in [7, 11) is 0. The number of aliphatic hydroxyl groups is 1. The lowest BCUT2D eigenvalue weighted by atomic mass is 9.95. The zero-order chi connectivity index (χ0) is 14.1. The number of aliphatic carboxylic acids is 1. The van der Waals surface area contributed by atoms with Crippen LogP contribution in [0.15, 0.2) is 18.2 Å². The van der Waals surface area contributed by atoms with E-state index < -0.39 is 29.7 Å². The zero-order valence-corrected chi connectivity index (χ0v) is 10.0. The summed E-state index contributed by atoms with van der Waals surface area (Å²) in [6.07, 6.45) is -5.04. The van der Waals surface area contributed by atoms with Gasteiger partial charge < -0.3 is 10.2 Å². The van der Waals surface area contributed by atoms with Crippen LogP contribution >= 0.6 is 11.6 Å². The molecule has 0 radical (unpaired) electrons. The maximum Gasteiger partial charge on any atom is 0.416 e. The lowest BCUT2D eigenvalue weighted by molar-refractivity contribution is -0.156. The van der Waals surface area contributed by atoms with Crippen LogP contribution in [0.4, 0.5) is 13.2 Å². The minimum atomic E-state index is -4.57. The SMILES string of the molecule is CC(O)(Cc1cc(Cl)cc(C(F)(F)F)c1)C(=O)O. The van der Waals surface area contributed by atoms with Crippen LogP contribution in [-0.4, -0.2) is 21.8 Å². The fourth-order valence-corrected chi connectivity index (χ4v) is 1.65. The van der Waals surface area contributed by atoms with Crippen LogP contribution in [0, 0.1) is 0 Å². The van der Waals surface area contributed by atoms with E-state index in [0.717, 1.165) is 19.1 Å². The monoisotopic (exact) mass is 282 g/mol. The molecule has 0 saturated heterocycles. The highest BCUT2D eigenvalue weighted by Crippen LogP contribution is 2.32. The Balaban J connectivity index is 3.12. The Morgan fingerprint density at radius 2 is 1.89 bits per heavy atom. The molecule has 3 nitrogen and oxygen atoms in total. The van der Waals surface area contributed by atoms with E-state index in [9.17, 15) is 23.1 Å². The molecular weight excluding hydrogens is 273 g/mol. The largest absolute Gasteiger partial charge is 0.479 e. The molecule has 18 heavy (non-hydrogen) atoms. The molecule has 0 aliphatic carbocycles. The molecule has 1 aromatic carbocycles. The summed E-state index contributed by atoms with van der Waals surface area (Å²) in [4.78, 5) is 10.7. The van der Waals surface area contributed by atoms with Crippen molar-refractivity contribution in [1.82, 2.24) is 0 Å². The van der Waals surface area contributed by atoms with E-state index in [1.165, 1.54) is 6.07 Å². The van der Waals surface area contributed by atoms with Gasteiger partial charge in [0.2, 0.25) is 0 Å². The molecule has 0 saturated carbocycles. The van der Waals surface area contributed by atoms with E-state index in [1.807, 2.05) is 0 Å². The van der Waals surface area contributed by atoms with E-state index in [2.05, 4.69) is 0 Å². The van der Waals surface area contributed by atoms with Gasteiger partial charge in [-0.25, -0.2) is 4.79 Å². The molecule has 0 heterocycles. The quantitative estimate of drug-likeness (QED) is 0.896. The molecular formula is C11H10ClF3O3. The summed E-state index contributed by atoms with van der Waals surface area (Å²) in [5.41, 5.74) is -3.12. The van der Waals surface area contributed by atoms with Crippen LogP contribution in [-0.2, 0) is 17.4 Å². The Hall–Kier alpha value is -1.27. The minimum Gasteiger partial charge on any atom is -0.479 e. The Kier molecular flexibility index (Phi) is 3.92. The first-order valence-electron chi connectivity index (χ1n) is 4.85. The summed E-state index contributed by atoms with van der Waals surface area (Å²) in [6, 6.07) is 2.69. The molecule has 1 unspecified atom stereocenters. The van der Waals surface area contributed by atoms with Gasteiger partial charge in [0.25, 0.3) is 0 Å². The molecule has 7 heteroatoms. The summed E-state index contributed by atoms with van der Waals surface area (Å²) in [6.45, 7) is 1.00. The van der Waals surface area contributed by atoms with Crippen molar-refractivity contribution in [2.45, 2.75) is 25.1 Å². The molecule has 0 aliphatic rings. The van der Waals surface area contributed by atoms with Gasteiger partial charge in [0.05, 0.1) is 5.56 Å². The van der Waals surface area contributed by atoms with Crippen molar-refractivity contribution < 1.29 is 28.2 Å². The van der Waals surface area contributed by atoms with Crippen molar-refractivity contribution in [3.05, 3.63) is 34.3 Å². The normalized spacial score (nSPS) is 15.2. The molecule has 1 rings (SSSR count). The number of hydrogen-bond donors (Lipinski definition) is 2. The van der Waals surface area contributed by atoms with Crippen molar-refractivity contribution in [3.63, 3.8) is 0 Å². The third-order valence-corrected chi connectivity index (χ3v) is 2.51. The lowest BCUT2D eigenvalue weighted by Crippen LogP contribution is -2.37.